The molecule has 0 fully saturated rings. The molecule has 19 heavy (non-hydrogen) atoms. The summed E-state index contributed by atoms with van der Waals surface area (Å²) in [6.07, 6.45) is 16.2. The molecule has 1 heteroatoms. The van der Waals surface area contributed by atoms with Crippen LogP contribution in [0.5, 0.6) is 0 Å². The number of rotatable bonds is 8. The van der Waals surface area contributed by atoms with Crippen LogP contribution in [0.2, 0.25) is 0 Å². The van der Waals surface area contributed by atoms with Crippen LogP contribution in [0.1, 0.15) is 90.9 Å². The van der Waals surface area contributed by atoms with E-state index in [0.717, 1.165) is 0 Å². The molecule has 1 aliphatic carbocycles. The molecule has 1 nitrogen and oxygen atoms in total. The van der Waals surface area contributed by atoms with Crippen molar-refractivity contribution in [3.8, 4) is 0 Å². The molecule has 107 valence electrons. The Morgan fingerprint density at radius 1 is 0.895 bits per heavy atom. The Kier molecular flexibility index (Phi) is 6.00. The van der Waals surface area contributed by atoms with E-state index < -0.39 is 0 Å². The fourth-order valence-electron chi connectivity index (χ4n) is 3.33. The average molecular weight is 260 g/mol. The summed E-state index contributed by atoms with van der Waals surface area (Å²) in [5, 5.41) is 4.90. The van der Waals surface area contributed by atoms with E-state index in [-0.39, 0.29) is 0 Å². The minimum Gasteiger partial charge on any atom is -0.257 e. The van der Waals surface area contributed by atoms with Gasteiger partial charge in [-0.15, -0.1) is 0 Å². The standard InChI is InChI=1S/C18H30N/c1-3-4-5-6-7-8-9-13-17-15(2)16-12-10-11-14-18(16)19-17/h3-14H2,1-2H3. The highest BCUT2D eigenvalue weighted by Gasteiger charge is 2.24. The molecule has 0 saturated heterocycles. The molecular formula is C18H30N. The van der Waals surface area contributed by atoms with Crippen molar-refractivity contribution in [3.63, 3.8) is 0 Å². The molecule has 0 spiro atoms. The second-order valence-electron chi connectivity index (χ2n) is 6.19. The Labute approximate surface area is 119 Å². The van der Waals surface area contributed by atoms with Crippen molar-refractivity contribution in [2.75, 3.05) is 0 Å². The monoisotopic (exact) mass is 260 g/mol. The van der Waals surface area contributed by atoms with Crippen molar-refractivity contribution in [2.24, 2.45) is 0 Å². The maximum atomic E-state index is 4.90. The first-order valence-corrected chi connectivity index (χ1v) is 8.46. The second-order valence-corrected chi connectivity index (χ2v) is 6.19. The molecule has 2 rings (SSSR count). The molecule has 0 unspecified atom stereocenters. The lowest BCUT2D eigenvalue weighted by Crippen LogP contribution is -2.03. The van der Waals surface area contributed by atoms with Crippen molar-refractivity contribution in [2.45, 2.75) is 90.9 Å². The zero-order chi connectivity index (χ0) is 13.5. The van der Waals surface area contributed by atoms with Crippen LogP contribution >= 0.6 is 0 Å². The van der Waals surface area contributed by atoms with Gasteiger partial charge in [-0.25, -0.2) is 0 Å². The van der Waals surface area contributed by atoms with Crippen molar-refractivity contribution >= 4 is 0 Å². The van der Waals surface area contributed by atoms with Crippen molar-refractivity contribution in [3.05, 3.63) is 22.5 Å². The fraction of sp³-hybridized carbons (Fsp3) is 0.778. The van der Waals surface area contributed by atoms with Gasteiger partial charge in [-0.05, 0) is 56.6 Å². The van der Waals surface area contributed by atoms with Gasteiger partial charge in [0.25, 0.3) is 0 Å². The van der Waals surface area contributed by atoms with Gasteiger partial charge in [0.2, 0.25) is 0 Å². The Morgan fingerprint density at radius 2 is 1.58 bits per heavy atom. The van der Waals surface area contributed by atoms with Crippen molar-refractivity contribution < 1.29 is 0 Å². The summed E-state index contributed by atoms with van der Waals surface area (Å²) in [6, 6.07) is 0. The van der Waals surface area contributed by atoms with Crippen molar-refractivity contribution in [1.29, 1.82) is 0 Å². The highest BCUT2D eigenvalue weighted by atomic mass is 14.9. The van der Waals surface area contributed by atoms with E-state index in [1.165, 1.54) is 94.0 Å². The highest BCUT2D eigenvalue weighted by Crippen LogP contribution is 2.37. The van der Waals surface area contributed by atoms with Gasteiger partial charge in [0.05, 0.1) is 0 Å². The van der Waals surface area contributed by atoms with Gasteiger partial charge in [-0.2, -0.15) is 0 Å². The smallest absolute Gasteiger partial charge is 0.0442 e. The maximum absolute atomic E-state index is 4.90. The van der Waals surface area contributed by atoms with Gasteiger partial charge < -0.3 is 0 Å². The average Bonchev–Trinajstić information content (AvgIpc) is 2.75. The van der Waals surface area contributed by atoms with Crippen LogP contribution in [0.4, 0.5) is 0 Å². The highest BCUT2D eigenvalue weighted by molar-refractivity contribution is 5.44. The van der Waals surface area contributed by atoms with Gasteiger partial charge in [-0.3, -0.25) is 5.32 Å². The number of hydrogen-bond donors (Lipinski definition) is 0. The largest absolute Gasteiger partial charge is 0.257 e. The van der Waals surface area contributed by atoms with Crippen LogP contribution in [0.25, 0.3) is 0 Å². The Balaban J connectivity index is 1.63. The third kappa shape index (κ3) is 4.12. The summed E-state index contributed by atoms with van der Waals surface area (Å²) >= 11 is 0. The third-order valence-corrected chi connectivity index (χ3v) is 4.61. The zero-order valence-corrected chi connectivity index (χ0v) is 12.9. The zero-order valence-electron chi connectivity index (χ0n) is 12.9. The molecule has 1 aliphatic heterocycles. The summed E-state index contributed by atoms with van der Waals surface area (Å²) in [5.41, 5.74) is 5.98. The Bertz CT molecular complexity index is 349. The second kappa shape index (κ2) is 7.77. The normalized spacial score (nSPS) is 18.8. The van der Waals surface area contributed by atoms with E-state index in [1.807, 2.05) is 0 Å². The molecule has 1 radical (unpaired) electrons. The molecule has 0 bridgehead atoms. The van der Waals surface area contributed by atoms with E-state index >= 15 is 0 Å². The number of unbranched alkanes of at least 4 members (excludes halogenated alkanes) is 6. The molecule has 1 heterocycles. The minimum absolute atomic E-state index is 1.21. The molecule has 0 aromatic rings. The first-order valence-electron chi connectivity index (χ1n) is 8.46. The summed E-state index contributed by atoms with van der Waals surface area (Å²) in [4.78, 5) is 0. The number of hydrogen-bond acceptors (Lipinski definition) is 0. The Hall–Kier alpha value is -0.720. The number of nitrogens with zero attached hydrogens (tertiary/aromatic N) is 1. The molecule has 0 amide bonds. The molecule has 0 saturated carbocycles. The van der Waals surface area contributed by atoms with E-state index in [0.29, 0.717) is 0 Å². The van der Waals surface area contributed by atoms with Crippen LogP contribution in [0.3, 0.4) is 0 Å². The van der Waals surface area contributed by atoms with Gasteiger partial charge >= 0.3 is 0 Å². The van der Waals surface area contributed by atoms with Gasteiger partial charge in [-0.1, -0.05) is 45.4 Å². The molecule has 0 atom stereocenters. The molecule has 0 N–H and O–H groups in total. The first-order chi connectivity index (χ1) is 9.33. The van der Waals surface area contributed by atoms with Gasteiger partial charge in [0, 0.05) is 11.4 Å². The minimum atomic E-state index is 1.21. The summed E-state index contributed by atoms with van der Waals surface area (Å²) in [6.45, 7) is 4.58. The Morgan fingerprint density at radius 3 is 2.32 bits per heavy atom. The quantitative estimate of drug-likeness (QED) is 0.486. The first kappa shape index (κ1) is 14.7. The van der Waals surface area contributed by atoms with Crippen LogP contribution in [-0.2, 0) is 0 Å². The predicted molar refractivity (Wildman–Crippen MR) is 82.9 cm³/mol. The van der Waals surface area contributed by atoms with Crippen LogP contribution in [0, 0.1) is 0 Å². The lowest BCUT2D eigenvalue weighted by molar-refractivity contribution is 0.582. The summed E-state index contributed by atoms with van der Waals surface area (Å²) < 4.78 is 0. The predicted octanol–water partition coefficient (Wildman–Crippen LogP) is 5.85. The topological polar surface area (TPSA) is 14.1 Å². The molecule has 2 aliphatic rings. The van der Waals surface area contributed by atoms with Gasteiger partial charge in [0.1, 0.15) is 0 Å². The fourth-order valence-corrected chi connectivity index (χ4v) is 3.33. The molecular weight excluding hydrogens is 230 g/mol. The molecule has 0 aromatic carbocycles. The van der Waals surface area contributed by atoms with E-state index in [1.54, 1.807) is 5.57 Å². The van der Waals surface area contributed by atoms with E-state index in [9.17, 15) is 0 Å². The summed E-state index contributed by atoms with van der Waals surface area (Å²) in [7, 11) is 0. The maximum Gasteiger partial charge on any atom is 0.0442 e. The lowest BCUT2D eigenvalue weighted by atomic mass is 9.93. The van der Waals surface area contributed by atoms with Crippen LogP contribution < -0.4 is 5.32 Å². The summed E-state index contributed by atoms with van der Waals surface area (Å²) in [5.74, 6) is 0. The van der Waals surface area contributed by atoms with E-state index in [2.05, 4.69) is 13.8 Å². The van der Waals surface area contributed by atoms with E-state index in [4.69, 9.17) is 5.32 Å². The SMILES string of the molecule is CCCCCCCCCC1=C(C)C2=C(CCCC2)[N]1. The lowest BCUT2D eigenvalue weighted by Gasteiger charge is -2.13. The van der Waals surface area contributed by atoms with Crippen LogP contribution in [0.15, 0.2) is 22.5 Å². The third-order valence-electron chi connectivity index (χ3n) is 4.61. The van der Waals surface area contributed by atoms with Gasteiger partial charge in [0.15, 0.2) is 0 Å². The van der Waals surface area contributed by atoms with Crippen molar-refractivity contribution in [1.82, 2.24) is 5.32 Å². The number of allylic oxidation sites excluding steroid dienone is 4. The molecule has 0 aromatic heterocycles. The van der Waals surface area contributed by atoms with Crippen LogP contribution in [-0.4, -0.2) is 0 Å².